The molecule has 0 aromatic heterocycles. The first-order valence-corrected chi connectivity index (χ1v) is 7.18. The highest BCUT2D eigenvalue weighted by Crippen LogP contribution is 2.38. The molecule has 0 saturated carbocycles. The average Bonchev–Trinajstić information content (AvgIpc) is 2.37. The van der Waals surface area contributed by atoms with Crippen LogP contribution in [0, 0.1) is 12.8 Å². The van der Waals surface area contributed by atoms with Crippen LogP contribution in [0.25, 0.3) is 0 Å². The number of benzene rings is 1. The summed E-state index contributed by atoms with van der Waals surface area (Å²) in [5.74, 6) is 1.77. The van der Waals surface area contributed by atoms with Gasteiger partial charge in [-0.05, 0) is 72.8 Å². The number of halogens is 1. The lowest BCUT2D eigenvalue weighted by Crippen LogP contribution is -2.28. The first-order valence-electron chi connectivity index (χ1n) is 6.39. The lowest BCUT2D eigenvalue weighted by molar-refractivity contribution is 0.363. The predicted octanol–water partition coefficient (Wildman–Crippen LogP) is 3.01. The van der Waals surface area contributed by atoms with Gasteiger partial charge in [0, 0.05) is 5.56 Å². The van der Waals surface area contributed by atoms with Crippen molar-refractivity contribution in [2.75, 3.05) is 20.2 Å². The summed E-state index contributed by atoms with van der Waals surface area (Å²) in [7, 11) is 1.62. The molecular formula is C14H20BrNO2. The van der Waals surface area contributed by atoms with Crippen LogP contribution in [-0.4, -0.2) is 25.3 Å². The second-order valence-corrected chi connectivity index (χ2v) is 5.78. The zero-order valence-corrected chi connectivity index (χ0v) is 12.5. The minimum Gasteiger partial charge on any atom is -0.507 e. The number of hydrogen-bond acceptors (Lipinski definition) is 3. The number of hydrogen-bond donors (Lipinski definition) is 2. The highest BCUT2D eigenvalue weighted by Gasteiger charge is 2.19. The Kier molecular flexibility index (Phi) is 4.51. The van der Waals surface area contributed by atoms with E-state index < -0.39 is 0 Å². The maximum absolute atomic E-state index is 10.2. The second kappa shape index (κ2) is 5.93. The van der Waals surface area contributed by atoms with Gasteiger partial charge in [-0.1, -0.05) is 0 Å². The van der Waals surface area contributed by atoms with Crippen LogP contribution in [0.3, 0.4) is 0 Å². The van der Waals surface area contributed by atoms with Crippen LogP contribution in [0.5, 0.6) is 11.5 Å². The summed E-state index contributed by atoms with van der Waals surface area (Å²) < 4.78 is 6.21. The van der Waals surface area contributed by atoms with E-state index in [-0.39, 0.29) is 0 Å². The van der Waals surface area contributed by atoms with E-state index in [1.54, 1.807) is 7.11 Å². The van der Waals surface area contributed by atoms with Gasteiger partial charge in [-0.25, -0.2) is 0 Å². The Hall–Kier alpha value is -0.740. The van der Waals surface area contributed by atoms with Gasteiger partial charge in [0.2, 0.25) is 0 Å². The third-order valence-electron chi connectivity index (χ3n) is 3.69. The molecule has 1 aliphatic rings. The van der Waals surface area contributed by atoms with Crippen molar-refractivity contribution in [1.82, 2.24) is 5.32 Å². The summed E-state index contributed by atoms with van der Waals surface area (Å²) in [4.78, 5) is 0. The molecule has 0 unspecified atom stereocenters. The molecule has 0 bridgehead atoms. The van der Waals surface area contributed by atoms with E-state index in [0.29, 0.717) is 11.7 Å². The van der Waals surface area contributed by atoms with Crippen molar-refractivity contribution in [1.29, 1.82) is 0 Å². The van der Waals surface area contributed by atoms with E-state index in [9.17, 15) is 5.11 Å². The molecule has 18 heavy (non-hydrogen) atoms. The van der Waals surface area contributed by atoms with Gasteiger partial charge in [0.15, 0.2) is 0 Å². The minimum absolute atomic E-state index is 0.383. The lowest BCUT2D eigenvalue weighted by Gasteiger charge is -2.23. The van der Waals surface area contributed by atoms with Crippen molar-refractivity contribution in [3.63, 3.8) is 0 Å². The molecule has 3 nitrogen and oxygen atoms in total. The van der Waals surface area contributed by atoms with Crippen molar-refractivity contribution in [3.05, 3.63) is 21.7 Å². The fraction of sp³-hybridized carbons (Fsp3) is 0.571. The predicted molar refractivity (Wildman–Crippen MR) is 76.4 cm³/mol. The van der Waals surface area contributed by atoms with Gasteiger partial charge in [-0.3, -0.25) is 0 Å². The summed E-state index contributed by atoms with van der Waals surface area (Å²) in [6.45, 7) is 4.06. The topological polar surface area (TPSA) is 41.5 Å². The molecule has 0 atom stereocenters. The smallest absolute Gasteiger partial charge is 0.139 e. The second-order valence-electron chi connectivity index (χ2n) is 4.92. The molecule has 0 aliphatic carbocycles. The maximum Gasteiger partial charge on any atom is 0.139 e. The van der Waals surface area contributed by atoms with Crippen LogP contribution in [-0.2, 0) is 6.42 Å². The summed E-state index contributed by atoms with van der Waals surface area (Å²) in [6, 6.07) is 1.99. The molecule has 1 aromatic rings. The molecule has 0 spiro atoms. The molecule has 4 heteroatoms. The molecule has 1 aliphatic heterocycles. The van der Waals surface area contributed by atoms with Crippen molar-refractivity contribution in [2.24, 2.45) is 5.92 Å². The summed E-state index contributed by atoms with van der Waals surface area (Å²) in [5.41, 5.74) is 1.84. The molecule has 0 radical (unpaired) electrons. The van der Waals surface area contributed by atoms with Gasteiger partial charge >= 0.3 is 0 Å². The fourth-order valence-electron chi connectivity index (χ4n) is 2.62. The van der Waals surface area contributed by atoms with Crippen molar-refractivity contribution in [2.45, 2.75) is 26.2 Å². The third kappa shape index (κ3) is 2.81. The number of phenolic OH excluding ortho intramolecular Hbond substituents is 1. The van der Waals surface area contributed by atoms with Gasteiger partial charge in [-0.2, -0.15) is 0 Å². The van der Waals surface area contributed by atoms with E-state index in [1.807, 2.05) is 13.0 Å². The van der Waals surface area contributed by atoms with Crippen molar-refractivity contribution < 1.29 is 9.84 Å². The third-order valence-corrected chi connectivity index (χ3v) is 4.28. The van der Waals surface area contributed by atoms with Crippen molar-refractivity contribution >= 4 is 15.9 Å². The molecular weight excluding hydrogens is 294 g/mol. The highest BCUT2D eigenvalue weighted by molar-refractivity contribution is 9.10. The number of piperidine rings is 1. The Labute approximate surface area is 117 Å². The number of nitrogens with one attached hydrogen (secondary N) is 1. The molecule has 2 rings (SSSR count). The van der Waals surface area contributed by atoms with Gasteiger partial charge in [-0.15, -0.1) is 0 Å². The van der Waals surface area contributed by atoms with E-state index >= 15 is 0 Å². The Morgan fingerprint density at radius 3 is 2.72 bits per heavy atom. The van der Waals surface area contributed by atoms with Crippen LogP contribution in [0.2, 0.25) is 0 Å². The largest absolute Gasteiger partial charge is 0.507 e. The SMILES string of the molecule is COc1c(Br)cc(CC2CCNCC2)c(O)c1C. The Balaban J connectivity index is 2.22. The maximum atomic E-state index is 10.2. The number of phenols is 1. The standard InChI is InChI=1S/C14H20BrNO2/c1-9-13(17)11(8-12(15)14(9)18-2)7-10-3-5-16-6-4-10/h8,10,16-17H,3-7H2,1-2H3. The van der Waals surface area contributed by atoms with Crippen LogP contribution in [0.4, 0.5) is 0 Å². The van der Waals surface area contributed by atoms with Crippen LogP contribution in [0.15, 0.2) is 10.5 Å². The average molecular weight is 314 g/mol. The molecule has 2 N–H and O–H groups in total. The first kappa shape index (κ1) is 13.7. The van der Waals surface area contributed by atoms with Gasteiger partial charge in [0.1, 0.15) is 11.5 Å². The molecule has 1 heterocycles. The highest BCUT2D eigenvalue weighted by atomic mass is 79.9. The van der Waals surface area contributed by atoms with E-state index in [4.69, 9.17) is 4.74 Å². The minimum atomic E-state index is 0.383. The number of aromatic hydroxyl groups is 1. The Morgan fingerprint density at radius 2 is 2.11 bits per heavy atom. The normalized spacial score (nSPS) is 16.8. The van der Waals surface area contributed by atoms with Gasteiger partial charge in [0.25, 0.3) is 0 Å². The summed E-state index contributed by atoms with van der Waals surface area (Å²) in [5, 5.41) is 13.6. The lowest BCUT2D eigenvalue weighted by atomic mass is 9.90. The number of methoxy groups -OCH3 is 1. The van der Waals surface area contributed by atoms with Crippen molar-refractivity contribution in [3.8, 4) is 11.5 Å². The number of ether oxygens (including phenoxy) is 1. The molecule has 0 amide bonds. The van der Waals surface area contributed by atoms with Crippen LogP contribution >= 0.6 is 15.9 Å². The molecule has 1 fully saturated rings. The molecule has 100 valence electrons. The Morgan fingerprint density at radius 1 is 1.44 bits per heavy atom. The monoisotopic (exact) mass is 313 g/mol. The quantitative estimate of drug-likeness (QED) is 0.901. The van der Waals surface area contributed by atoms with E-state index in [1.165, 1.54) is 12.8 Å². The Bertz CT molecular complexity index is 428. The summed E-state index contributed by atoms with van der Waals surface area (Å²) in [6.07, 6.45) is 3.31. The first-order chi connectivity index (χ1) is 8.63. The van der Waals surface area contributed by atoms with E-state index in [0.717, 1.165) is 40.9 Å². The van der Waals surface area contributed by atoms with Gasteiger partial charge < -0.3 is 15.2 Å². The summed E-state index contributed by atoms with van der Waals surface area (Å²) >= 11 is 3.51. The molecule has 1 aromatic carbocycles. The fourth-order valence-corrected chi connectivity index (χ4v) is 3.35. The van der Waals surface area contributed by atoms with E-state index in [2.05, 4.69) is 21.2 Å². The number of rotatable bonds is 3. The zero-order chi connectivity index (χ0) is 13.1. The van der Waals surface area contributed by atoms with Gasteiger partial charge in [0.05, 0.1) is 11.6 Å². The zero-order valence-electron chi connectivity index (χ0n) is 10.9. The van der Waals surface area contributed by atoms with Crippen LogP contribution in [0.1, 0.15) is 24.0 Å². The molecule has 1 saturated heterocycles. The van der Waals surface area contributed by atoms with Crippen LogP contribution < -0.4 is 10.1 Å².